The zero-order chi connectivity index (χ0) is 9.97. The summed E-state index contributed by atoms with van der Waals surface area (Å²) < 4.78 is 1.56. The van der Waals surface area contributed by atoms with Gasteiger partial charge in [-0.3, -0.25) is 4.57 Å². The van der Waals surface area contributed by atoms with Crippen LogP contribution in [-0.2, 0) is 0 Å². The van der Waals surface area contributed by atoms with E-state index in [1.54, 1.807) is 22.8 Å². The van der Waals surface area contributed by atoms with Crippen LogP contribution in [-0.4, -0.2) is 25.8 Å². The predicted octanol–water partition coefficient (Wildman–Crippen LogP) is 0.965. The van der Waals surface area contributed by atoms with E-state index in [4.69, 9.17) is 5.11 Å². The molecule has 0 amide bonds. The van der Waals surface area contributed by atoms with Gasteiger partial charge in [0, 0.05) is 0 Å². The zero-order valence-corrected chi connectivity index (χ0v) is 7.16. The van der Waals surface area contributed by atoms with Crippen LogP contribution in [0.5, 0.6) is 0 Å². The van der Waals surface area contributed by atoms with Crippen molar-refractivity contribution in [2.45, 2.75) is 0 Å². The van der Waals surface area contributed by atoms with Gasteiger partial charge in [0.25, 0.3) is 0 Å². The third-order valence-electron chi connectivity index (χ3n) is 1.83. The second-order valence-corrected chi connectivity index (χ2v) is 2.69. The summed E-state index contributed by atoms with van der Waals surface area (Å²) >= 11 is 0. The molecule has 0 saturated heterocycles. The quantitative estimate of drug-likeness (QED) is 0.764. The Balaban J connectivity index is 2.58. The SMILES string of the molecule is O=C(O)c1ccccc1-n1cnnc1. The van der Waals surface area contributed by atoms with Crippen LogP contribution in [0.15, 0.2) is 36.9 Å². The molecule has 0 aliphatic rings. The van der Waals surface area contributed by atoms with E-state index in [9.17, 15) is 4.79 Å². The van der Waals surface area contributed by atoms with Gasteiger partial charge in [-0.15, -0.1) is 10.2 Å². The van der Waals surface area contributed by atoms with E-state index in [0.717, 1.165) is 0 Å². The van der Waals surface area contributed by atoms with Crippen LogP contribution in [0, 0.1) is 0 Å². The summed E-state index contributed by atoms with van der Waals surface area (Å²) in [5.41, 5.74) is 0.789. The maximum absolute atomic E-state index is 10.9. The molecule has 70 valence electrons. The first-order valence-corrected chi connectivity index (χ1v) is 3.96. The first-order chi connectivity index (χ1) is 6.79. The number of rotatable bonds is 2. The van der Waals surface area contributed by atoms with Crippen molar-refractivity contribution in [3.63, 3.8) is 0 Å². The fourth-order valence-corrected chi connectivity index (χ4v) is 1.20. The van der Waals surface area contributed by atoms with Crippen LogP contribution in [0.4, 0.5) is 0 Å². The minimum atomic E-state index is -0.964. The van der Waals surface area contributed by atoms with Crippen molar-refractivity contribution < 1.29 is 9.90 Å². The molecule has 0 bridgehead atoms. The smallest absolute Gasteiger partial charge is 0.337 e. The van der Waals surface area contributed by atoms with Gasteiger partial charge in [-0.05, 0) is 12.1 Å². The fraction of sp³-hybridized carbons (Fsp3) is 0. The number of aromatic carboxylic acids is 1. The van der Waals surface area contributed by atoms with Crippen LogP contribution in [0.3, 0.4) is 0 Å². The second kappa shape index (κ2) is 3.29. The highest BCUT2D eigenvalue weighted by Gasteiger charge is 2.09. The monoisotopic (exact) mass is 189 g/mol. The summed E-state index contributed by atoms with van der Waals surface area (Å²) in [4.78, 5) is 10.9. The summed E-state index contributed by atoms with van der Waals surface area (Å²) in [5, 5.41) is 16.1. The molecule has 0 spiro atoms. The van der Waals surface area contributed by atoms with Crippen molar-refractivity contribution in [2.24, 2.45) is 0 Å². The maximum atomic E-state index is 10.9. The van der Waals surface area contributed by atoms with Gasteiger partial charge in [0.05, 0.1) is 11.3 Å². The van der Waals surface area contributed by atoms with Gasteiger partial charge in [-0.2, -0.15) is 0 Å². The summed E-state index contributed by atoms with van der Waals surface area (Å²) in [7, 11) is 0. The van der Waals surface area contributed by atoms with E-state index in [2.05, 4.69) is 10.2 Å². The highest BCUT2D eigenvalue weighted by Crippen LogP contribution is 2.12. The molecule has 2 rings (SSSR count). The Kier molecular flexibility index (Phi) is 1.98. The molecule has 2 aromatic rings. The second-order valence-electron chi connectivity index (χ2n) is 2.69. The van der Waals surface area contributed by atoms with Gasteiger partial charge in [0.15, 0.2) is 0 Å². The fourth-order valence-electron chi connectivity index (χ4n) is 1.20. The van der Waals surface area contributed by atoms with Crippen molar-refractivity contribution in [1.82, 2.24) is 14.8 Å². The summed E-state index contributed by atoms with van der Waals surface area (Å²) in [6.07, 6.45) is 2.92. The van der Waals surface area contributed by atoms with Crippen molar-refractivity contribution in [2.75, 3.05) is 0 Å². The average Bonchev–Trinajstić information content (AvgIpc) is 2.70. The number of carboxylic acid groups (broad SMARTS) is 1. The number of para-hydroxylation sites is 1. The van der Waals surface area contributed by atoms with Gasteiger partial charge < -0.3 is 5.11 Å². The zero-order valence-electron chi connectivity index (χ0n) is 7.16. The number of aromatic nitrogens is 3. The number of nitrogens with zero attached hydrogens (tertiary/aromatic N) is 3. The minimum absolute atomic E-state index is 0.229. The molecule has 5 nitrogen and oxygen atoms in total. The van der Waals surface area contributed by atoms with Crippen molar-refractivity contribution in [3.8, 4) is 5.69 Å². The Morgan fingerprint density at radius 3 is 2.50 bits per heavy atom. The lowest BCUT2D eigenvalue weighted by Crippen LogP contribution is -2.03. The molecule has 5 heteroatoms. The lowest BCUT2D eigenvalue weighted by molar-refractivity contribution is 0.0697. The Bertz CT molecular complexity index is 451. The standard InChI is InChI=1S/C9H7N3O2/c13-9(14)7-3-1-2-4-8(7)12-5-10-11-6-12/h1-6H,(H,13,14). The van der Waals surface area contributed by atoms with E-state index in [-0.39, 0.29) is 5.56 Å². The minimum Gasteiger partial charge on any atom is -0.478 e. The van der Waals surface area contributed by atoms with Crippen LogP contribution < -0.4 is 0 Å². The number of carboxylic acids is 1. The molecular weight excluding hydrogens is 182 g/mol. The van der Waals surface area contributed by atoms with Gasteiger partial charge in [0.2, 0.25) is 0 Å². The number of hydrogen-bond donors (Lipinski definition) is 1. The molecule has 0 fully saturated rings. The average molecular weight is 189 g/mol. The number of hydrogen-bond acceptors (Lipinski definition) is 3. The molecular formula is C9H7N3O2. The molecule has 1 heterocycles. The van der Waals surface area contributed by atoms with Crippen LogP contribution in [0.25, 0.3) is 5.69 Å². The summed E-state index contributed by atoms with van der Waals surface area (Å²) in [5.74, 6) is -0.964. The Morgan fingerprint density at radius 2 is 1.86 bits per heavy atom. The first kappa shape index (κ1) is 8.43. The molecule has 0 saturated carbocycles. The maximum Gasteiger partial charge on any atom is 0.337 e. The molecule has 0 radical (unpaired) electrons. The van der Waals surface area contributed by atoms with Crippen LogP contribution >= 0.6 is 0 Å². The van der Waals surface area contributed by atoms with Gasteiger partial charge in [-0.25, -0.2) is 4.79 Å². The lowest BCUT2D eigenvalue weighted by Gasteiger charge is -2.04. The molecule has 0 unspecified atom stereocenters. The van der Waals surface area contributed by atoms with E-state index in [1.165, 1.54) is 18.7 Å². The van der Waals surface area contributed by atoms with Gasteiger partial charge in [-0.1, -0.05) is 12.1 Å². The Hall–Kier alpha value is -2.17. The number of benzene rings is 1. The molecule has 1 aromatic heterocycles. The third-order valence-corrected chi connectivity index (χ3v) is 1.83. The van der Waals surface area contributed by atoms with E-state index >= 15 is 0 Å². The largest absolute Gasteiger partial charge is 0.478 e. The van der Waals surface area contributed by atoms with Gasteiger partial charge in [0.1, 0.15) is 12.7 Å². The van der Waals surface area contributed by atoms with Crippen molar-refractivity contribution >= 4 is 5.97 Å². The summed E-state index contributed by atoms with van der Waals surface area (Å²) in [6.45, 7) is 0. The lowest BCUT2D eigenvalue weighted by atomic mass is 10.2. The molecule has 0 aliphatic carbocycles. The van der Waals surface area contributed by atoms with E-state index < -0.39 is 5.97 Å². The first-order valence-electron chi connectivity index (χ1n) is 3.96. The predicted molar refractivity (Wildman–Crippen MR) is 48.3 cm³/mol. The van der Waals surface area contributed by atoms with Gasteiger partial charge >= 0.3 is 5.97 Å². The van der Waals surface area contributed by atoms with Crippen molar-refractivity contribution in [3.05, 3.63) is 42.5 Å². The van der Waals surface area contributed by atoms with E-state index in [0.29, 0.717) is 5.69 Å². The normalized spacial score (nSPS) is 10.0. The summed E-state index contributed by atoms with van der Waals surface area (Å²) in [6, 6.07) is 6.68. The van der Waals surface area contributed by atoms with Crippen molar-refractivity contribution in [1.29, 1.82) is 0 Å². The third kappa shape index (κ3) is 1.35. The molecule has 0 aliphatic heterocycles. The molecule has 1 aromatic carbocycles. The molecule has 1 N–H and O–H groups in total. The highest BCUT2D eigenvalue weighted by atomic mass is 16.4. The van der Waals surface area contributed by atoms with E-state index in [1.807, 2.05) is 0 Å². The van der Waals surface area contributed by atoms with Crippen LogP contribution in [0.1, 0.15) is 10.4 Å². The Labute approximate surface area is 79.6 Å². The molecule has 0 atom stereocenters. The topological polar surface area (TPSA) is 68.0 Å². The molecule has 14 heavy (non-hydrogen) atoms. The van der Waals surface area contributed by atoms with Crippen LogP contribution in [0.2, 0.25) is 0 Å². The number of carbonyl (C=O) groups is 1. The Morgan fingerprint density at radius 1 is 1.21 bits per heavy atom. The highest BCUT2D eigenvalue weighted by molar-refractivity contribution is 5.91.